The number of anilines is 1. The van der Waals surface area contributed by atoms with E-state index in [1.54, 1.807) is 13.2 Å². The first kappa shape index (κ1) is 10.8. The highest BCUT2D eigenvalue weighted by molar-refractivity contribution is 7.15. The van der Waals surface area contributed by atoms with E-state index in [4.69, 9.17) is 5.73 Å². The first-order valence-electron chi connectivity index (χ1n) is 5.11. The zero-order valence-electron chi connectivity index (χ0n) is 9.44. The van der Waals surface area contributed by atoms with Gasteiger partial charge in [0, 0.05) is 18.1 Å². The van der Waals surface area contributed by atoms with Crippen LogP contribution in [0.15, 0.2) is 17.2 Å². The SMILES string of the molecule is Cn1ncc2c(=O)n(Cc3cnc(N)s3)nnc21. The van der Waals surface area contributed by atoms with Gasteiger partial charge in [-0.1, -0.05) is 5.21 Å². The molecule has 9 heteroatoms. The van der Waals surface area contributed by atoms with Gasteiger partial charge in [0.25, 0.3) is 5.56 Å². The topological polar surface area (TPSA) is 105 Å². The largest absolute Gasteiger partial charge is 0.375 e. The molecular formula is C9H9N7OS. The van der Waals surface area contributed by atoms with E-state index in [2.05, 4.69) is 20.4 Å². The Hall–Kier alpha value is -2.29. The van der Waals surface area contributed by atoms with Crippen LogP contribution < -0.4 is 11.3 Å². The van der Waals surface area contributed by atoms with E-state index in [1.165, 1.54) is 26.9 Å². The van der Waals surface area contributed by atoms with Gasteiger partial charge in [-0.25, -0.2) is 14.3 Å². The molecular weight excluding hydrogens is 254 g/mol. The molecule has 0 saturated carbocycles. The monoisotopic (exact) mass is 263 g/mol. The highest BCUT2D eigenvalue weighted by atomic mass is 32.1. The molecule has 0 aliphatic rings. The molecule has 0 unspecified atom stereocenters. The predicted octanol–water partition coefficient (Wildman–Crippen LogP) is -0.388. The van der Waals surface area contributed by atoms with Gasteiger partial charge in [0.2, 0.25) is 0 Å². The number of thiazole rings is 1. The normalized spacial score (nSPS) is 11.2. The Bertz CT molecular complexity index is 771. The highest BCUT2D eigenvalue weighted by Gasteiger charge is 2.10. The number of hydrogen-bond donors (Lipinski definition) is 1. The molecule has 0 fully saturated rings. The average molecular weight is 263 g/mol. The molecule has 3 heterocycles. The fraction of sp³-hybridized carbons (Fsp3) is 0.222. The van der Waals surface area contributed by atoms with E-state index in [1.807, 2.05) is 0 Å². The second-order valence-electron chi connectivity index (χ2n) is 3.72. The van der Waals surface area contributed by atoms with Crippen molar-refractivity contribution < 1.29 is 0 Å². The summed E-state index contributed by atoms with van der Waals surface area (Å²) in [4.78, 5) is 16.9. The number of fused-ring (bicyclic) bond motifs is 1. The summed E-state index contributed by atoms with van der Waals surface area (Å²) in [5.74, 6) is 0. The van der Waals surface area contributed by atoms with Crippen molar-refractivity contribution in [3.05, 3.63) is 27.6 Å². The standard InChI is InChI=1S/C9H9N7OS/c1-15-7-6(3-12-15)8(17)16(14-13-7)4-5-2-11-9(10)18-5/h2-3H,4H2,1H3,(H2,10,11). The van der Waals surface area contributed by atoms with Crippen molar-refractivity contribution >= 4 is 27.5 Å². The Kier molecular flexibility index (Phi) is 2.33. The first-order chi connectivity index (χ1) is 8.65. The molecule has 92 valence electrons. The van der Waals surface area contributed by atoms with E-state index >= 15 is 0 Å². The second-order valence-corrected chi connectivity index (χ2v) is 4.87. The maximum absolute atomic E-state index is 12.1. The third-order valence-corrected chi connectivity index (χ3v) is 3.31. The molecule has 0 spiro atoms. The zero-order chi connectivity index (χ0) is 12.7. The van der Waals surface area contributed by atoms with Gasteiger partial charge in [-0.2, -0.15) is 5.10 Å². The molecule has 0 amide bonds. The van der Waals surface area contributed by atoms with Gasteiger partial charge >= 0.3 is 0 Å². The molecule has 0 aliphatic heterocycles. The Labute approximate surface area is 105 Å². The van der Waals surface area contributed by atoms with Gasteiger partial charge in [0.05, 0.1) is 12.7 Å². The molecule has 0 saturated heterocycles. The van der Waals surface area contributed by atoms with Gasteiger partial charge in [0.1, 0.15) is 5.39 Å². The van der Waals surface area contributed by atoms with Crippen molar-refractivity contribution in [2.75, 3.05) is 5.73 Å². The number of aryl methyl sites for hydroxylation is 1. The number of rotatable bonds is 2. The number of aromatic nitrogens is 6. The molecule has 3 rings (SSSR count). The maximum atomic E-state index is 12.1. The molecule has 0 bridgehead atoms. The summed E-state index contributed by atoms with van der Waals surface area (Å²) in [6, 6.07) is 0. The molecule has 0 aromatic carbocycles. The Morgan fingerprint density at radius 2 is 2.28 bits per heavy atom. The lowest BCUT2D eigenvalue weighted by molar-refractivity contribution is 0.599. The van der Waals surface area contributed by atoms with Crippen LogP contribution in [0.5, 0.6) is 0 Å². The van der Waals surface area contributed by atoms with E-state index < -0.39 is 0 Å². The third-order valence-electron chi connectivity index (χ3n) is 2.50. The molecule has 0 aliphatic carbocycles. The van der Waals surface area contributed by atoms with E-state index in [-0.39, 0.29) is 5.56 Å². The zero-order valence-corrected chi connectivity index (χ0v) is 10.3. The van der Waals surface area contributed by atoms with Crippen LogP contribution in [0.4, 0.5) is 5.13 Å². The summed E-state index contributed by atoms with van der Waals surface area (Å²) in [6.45, 7) is 0.311. The molecule has 18 heavy (non-hydrogen) atoms. The van der Waals surface area contributed by atoms with Crippen LogP contribution in [0.2, 0.25) is 0 Å². The number of nitrogens with two attached hydrogens (primary N) is 1. The second kappa shape index (κ2) is 3.88. The summed E-state index contributed by atoms with van der Waals surface area (Å²) in [6.07, 6.45) is 3.12. The van der Waals surface area contributed by atoms with Crippen LogP contribution in [0.25, 0.3) is 11.0 Å². The van der Waals surface area contributed by atoms with Crippen LogP contribution in [-0.4, -0.2) is 29.8 Å². The molecule has 0 atom stereocenters. The van der Waals surface area contributed by atoms with Crippen LogP contribution in [-0.2, 0) is 13.6 Å². The van der Waals surface area contributed by atoms with Crippen molar-refractivity contribution in [3.8, 4) is 0 Å². The van der Waals surface area contributed by atoms with E-state index in [0.29, 0.717) is 22.7 Å². The fourth-order valence-electron chi connectivity index (χ4n) is 1.62. The van der Waals surface area contributed by atoms with Crippen molar-refractivity contribution in [3.63, 3.8) is 0 Å². The number of nitrogens with zero attached hydrogens (tertiary/aromatic N) is 6. The summed E-state index contributed by atoms with van der Waals surface area (Å²) in [5.41, 5.74) is 5.78. The lowest BCUT2D eigenvalue weighted by atomic mass is 10.4. The Morgan fingerprint density at radius 1 is 1.44 bits per heavy atom. The van der Waals surface area contributed by atoms with Crippen LogP contribution >= 0.6 is 11.3 Å². The summed E-state index contributed by atoms with van der Waals surface area (Å²) in [7, 11) is 1.71. The number of hydrogen-bond acceptors (Lipinski definition) is 7. The van der Waals surface area contributed by atoms with Crippen molar-refractivity contribution in [2.45, 2.75) is 6.54 Å². The molecule has 0 radical (unpaired) electrons. The lowest BCUT2D eigenvalue weighted by Crippen LogP contribution is -2.24. The van der Waals surface area contributed by atoms with Gasteiger partial charge in [0.15, 0.2) is 10.8 Å². The lowest BCUT2D eigenvalue weighted by Gasteiger charge is -2.00. The first-order valence-corrected chi connectivity index (χ1v) is 5.92. The van der Waals surface area contributed by atoms with Gasteiger partial charge in [-0.05, 0) is 0 Å². The van der Waals surface area contributed by atoms with Crippen LogP contribution in [0, 0.1) is 0 Å². The number of nitrogen functional groups attached to an aromatic ring is 1. The summed E-state index contributed by atoms with van der Waals surface area (Å²) >= 11 is 1.32. The van der Waals surface area contributed by atoms with E-state index in [9.17, 15) is 4.79 Å². The van der Waals surface area contributed by atoms with E-state index in [0.717, 1.165) is 4.88 Å². The summed E-state index contributed by atoms with van der Waals surface area (Å²) in [5, 5.41) is 12.7. The smallest absolute Gasteiger partial charge is 0.281 e. The molecule has 3 aromatic heterocycles. The third kappa shape index (κ3) is 1.64. The van der Waals surface area contributed by atoms with Gasteiger partial charge in [-0.15, -0.1) is 16.4 Å². The van der Waals surface area contributed by atoms with Gasteiger partial charge in [-0.3, -0.25) is 4.79 Å². The fourth-order valence-corrected chi connectivity index (χ4v) is 2.29. The van der Waals surface area contributed by atoms with Crippen LogP contribution in [0.1, 0.15) is 4.88 Å². The van der Waals surface area contributed by atoms with Crippen molar-refractivity contribution in [1.82, 2.24) is 29.8 Å². The minimum Gasteiger partial charge on any atom is -0.375 e. The van der Waals surface area contributed by atoms with Crippen LogP contribution in [0.3, 0.4) is 0 Å². The maximum Gasteiger partial charge on any atom is 0.281 e. The van der Waals surface area contributed by atoms with Crippen molar-refractivity contribution in [2.24, 2.45) is 7.05 Å². The highest BCUT2D eigenvalue weighted by Crippen LogP contribution is 2.14. The minimum atomic E-state index is -0.222. The Balaban J connectivity index is 2.07. The summed E-state index contributed by atoms with van der Waals surface area (Å²) < 4.78 is 2.79. The predicted molar refractivity (Wildman–Crippen MR) is 66.2 cm³/mol. The quantitative estimate of drug-likeness (QED) is 0.675. The van der Waals surface area contributed by atoms with Crippen molar-refractivity contribution in [1.29, 1.82) is 0 Å². The van der Waals surface area contributed by atoms with Gasteiger partial charge < -0.3 is 5.73 Å². The molecule has 2 N–H and O–H groups in total. The average Bonchev–Trinajstić information content (AvgIpc) is 2.91. The molecule has 8 nitrogen and oxygen atoms in total. The molecule has 3 aromatic rings. The minimum absolute atomic E-state index is 0.222. The Morgan fingerprint density at radius 3 is 3.00 bits per heavy atom.